The lowest BCUT2D eigenvalue weighted by Gasteiger charge is -2.08. The van der Waals surface area contributed by atoms with Gasteiger partial charge in [-0.05, 0) is 24.3 Å². The van der Waals surface area contributed by atoms with Crippen molar-refractivity contribution in [2.45, 2.75) is 4.90 Å². The van der Waals surface area contributed by atoms with Crippen molar-refractivity contribution in [3.05, 3.63) is 41.2 Å². The van der Waals surface area contributed by atoms with Gasteiger partial charge in [0.05, 0.1) is 15.6 Å². The van der Waals surface area contributed by atoms with E-state index in [1.54, 1.807) is 13.1 Å². The van der Waals surface area contributed by atoms with E-state index in [2.05, 4.69) is 10.4 Å². The van der Waals surface area contributed by atoms with E-state index in [0.29, 0.717) is 5.69 Å². The molecule has 1 N–H and O–H groups in total. The maximum Gasteiger partial charge on any atom is 0.273 e. The maximum absolute atomic E-state index is 12.0. The number of aromatic nitrogens is 2. The normalized spacial score (nSPS) is 11.3. The summed E-state index contributed by atoms with van der Waals surface area (Å²) in [5.74, 6) is -0.409. The van der Waals surface area contributed by atoms with Gasteiger partial charge in [-0.25, -0.2) is 8.42 Å². The molecule has 1 heterocycles. The first-order valence-corrected chi connectivity index (χ1v) is 8.01. The summed E-state index contributed by atoms with van der Waals surface area (Å²) in [6.45, 7) is 0. The SMILES string of the molecule is Cn1nccc1C(=O)Nc1ccc(S(=O)(=O)Cl)cc1Cl. The highest BCUT2D eigenvalue weighted by atomic mass is 35.7. The monoisotopic (exact) mass is 333 g/mol. The molecular weight excluding hydrogens is 325 g/mol. The molecule has 9 heteroatoms. The Hall–Kier alpha value is -1.57. The molecule has 0 fully saturated rings. The highest BCUT2D eigenvalue weighted by molar-refractivity contribution is 8.13. The lowest BCUT2D eigenvalue weighted by Crippen LogP contribution is -2.16. The van der Waals surface area contributed by atoms with Gasteiger partial charge in [-0.1, -0.05) is 11.6 Å². The molecule has 2 rings (SSSR count). The number of nitrogens with zero attached hydrogens (tertiary/aromatic N) is 2. The summed E-state index contributed by atoms with van der Waals surface area (Å²) in [5.41, 5.74) is 0.622. The third-order valence-electron chi connectivity index (χ3n) is 2.52. The predicted octanol–water partition coefficient (Wildman–Crippen LogP) is 2.25. The van der Waals surface area contributed by atoms with Crippen molar-refractivity contribution in [2.75, 3.05) is 5.32 Å². The quantitative estimate of drug-likeness (QED) is 0.873. The maximum atomic E-state index is 12.0. The standard InChI is InChI=1S/C11H9Cl2N3O3S/c1-16-10(4-5-14-16)11(17)15-9-3-2-7(6-8(9)12)20(13,18)19/h2-6H,1H3,(H,15,17). The van der Waals surface area contributed by atoms with Crippen LogP contribution in [0.2, 0.25) is 5.02 Å². The van der Waals surface area contributed by atoms with Crippen LogP contribution in [-0.4, -0.2) is 24.1 Å². The average molecular weight is 334 g/mol. The van der Waals surface area contributed by atoms with E-state index in [1.807, 2.05) is 0 Å². The molecule has 0 aliphatic heterocycles. The van der Waals surface area contributed by atoms with E-state index >= 15 is 0 Å². The molecule has 0 saturated heterocycles. The van der Waals surface area contributed by atoms with Gasteiger partial charge in [-0.2, -0.15) is 5.10 Å². The molecule has 1 aromatic heterocycles. The summed E-state index contributed by atoms with van der Waals surface area (Å²) in [6.07, 6.45) is 1.49. The van der Waals surface area contributed by atoms with E-state index in [-0.39, 0.29) is 15.6 Å². The van der Waals surface area contributed by atoms with E-state index in [0.717, 1.165) is 0 Å². The van der Waals surface area contributed by atoms with Crippen LogP contribution < -0.4 is 5.32 Å². The summed E-state index contributed by atoms with van der Waals surface area (Å²) < 4.78 is 23.7. The molecule has 0 aliphatic rings. The fraction of sp³-hybridized carbons (Fsp3) is 0.0909. The molecule has 0 bridgehead atoms. The van der Waals surface area contributed by atoms with Crippen molar-refractivity contribution in [3.8, 4) is 0 Å². The molecule has 6 nitrogen and oxygen atoms in total. The van der Waals surface area contributed by atoms with Crippen LogP contribution in [0, 0.1) is 0 Å². The number of amides is 1. The van der Waals surface area contributed by atoms with Crippen LogP contribution in [0.3, 0.4) is 0 Å². The minimum Gasteiger partial charge on any atom is -0.319 e. The Bertz CT molecular complexity index is 771. The molecule has 0 saturated carbocycles. The topological polar surface area (TPSA) is 81.1 Å². The second-order valence-corrected chi connectivity index (χ2v) is 6.85. The summed E-state index contributed by atoms with van der Waals surface area (Å²) in [7, 11) is 2.97. The van der Waals surface area contributed by atoms with Crippen molar-refractivity contribution in [2.24, 2.45) is 7.05 Å². The van der Waals surface area contributed by atoms with E-state index in [4.69, 9.17) is 22.3 Å². The van der Waals surface area contributed by atoms with Gasteiger partial charge in [-0.3, -0.25) is 9.48 Å². The van der Waals surface area contributed by atoms with Gasteiger partial charge in [0.25, 0.3) is 15.0 Å². The summed E-state index contributed by atoms with van der Waals surface area (Å²) >= 11 is 5.92. The molecule has 0 radical (unpaired) electrons. The third kappa shape index (κ3) is 3.12. The smallest absolute Gasteiger partial charge is 0.273 e. The van der Waals surface area contributed by atoms with Gasteiger partial charge in [0.15, 0.2) is 0 Å². The zero-order valence-electron chi connectivity index (χ0n) is 10.2. The minimum atomic E-state index is -3.86. The van der Waals surface area contributed by atoms with E-state index < -0.39 is 15.0 Å². The second kappa shape index (κ2) is 5.43. The molecule has 106 valence electrons. The number of aryl methyl sites for hydroxylation is 1. The first-order chi connectivity index (χ1) is 9.29. The van der Waals surface area contributed by atoms with Crippen LogP contribution >= 0.6 is 22.3 Å². The highest BCUT2D eigenvalue weighted by Crippen LogP contribution is 2.27. The number of carbonyl (C=O) groups is 1. The molecule has 20 heavy (non-hydrogen) atoms. The lowest BCUT2D eigenvalue weighted by molar-refractivity contribution is 0.101. The van der Waals surface area contributed by atoms with Crippen LogP contribution in [0.15, 0.2) is 35.4 Å². The Kier molecular flexibility index (Phi) is 4.03. The molecule has 2 aromatic rings. The van der Waals surface area contributed by atoms with E-state index in [9.17, 15) is 13.2 Å². The first kappa shape index (κ1) is 14.8. The highest BCUT2D eigenvalue weighted by Gasteiger charge is 2.15. The summed E-state index contributed by atoms with van der Waals surface area (Å²) in [5, 5.41) is 6.51. The van der Waals surface area contributed by atoms with Gasteiger partial charge in [0, 0.05) is 23.9 Å². The average Bonchev–Trinajstić information content (AvgIpc) is 2.76. The Morgan fingerprint density at radius 3 is 2.55 bits per heavy atom. The number of anilines is 1. The number of hydrogen-bond acceptors (Lipinski definition) is 4. The zero-order chi connectivity index (χ0) is 14.9. The molecule has 0 spiro atoms. The third-order valence-corrected chi connectivity index (χ3v) is 4.19. The Morgan fingerprint density at radius 1 is 1.35 bits per heavy atom. The molecule has 0 atom stereocenters. The largest absolute Gasteiger partial charge is 0.319 e. The summed E-state index contributed by atoms with van der Waals surface area (Å²) in [4.78, 5) is 11.8. The number of rotatable bonds is 3. The Labute approximate surface area is 124 Å². The van der Waals surface area contributed by atoms with Crippen LogP contribution in [0.5, 0.6) is 0 Å². The molecule has 1 amide bonds. The van der Waals surface area contributed by atoms with Crippen LogP contribution in [-0.2, 0) is 16.1 Å². The fourth-order valence-electron chi connectivity index (χ4n) is 1.53. The Morgan fingerprint density at radius 2 is 2.05 bits per heavy atom. The Balaban J connectivity index is 2.27. The van der Waals surface area contributed by atoms with E-state index in [1.165, 1.54) is 29.1 Å². The van der Waals surface area contributed by atoms with Gasteiger partial charge in [0.1, 0.15) is 5.69 Å². The number of nitrogens with one attached hydrogen (secondary N) is 1. The lowest BCUT2D eigenvalue weighted by atomic mass is 10.3. The zero-order valence-corrected chi connectivity index (χ0v) is 12.5. The van der Waals surface area contributed by atoms with Gasteiger partial charge in [0.2, 0.25) is 0 Å². The number of carbonyl (C=O) groups excluding carboxylic acids is 1. The fourth-order valence-corrected chi connectivity index (χ4v) is 2.60. The molecular formula is C11H9Cl2N3O3S. The molecule has 0 aliphatic carbocycles. The van der Waals surface area contributed by atoms with Crippen LogP contribution in [0.4, 0.5) is 5.69 Å². The number of halogens is 2. The first-order valence-electron chi connectivity index (χ1n) is 5.32. The van der Waals surface area contributed by atoms with Gasteiger partial charge >= 0.3 is 0 Å². The van der Waals surface area contributed by atoms with Gasteiger partial charge < -0.3 is 5.32 Å². The van der Waals surface area contributed by atoms with Crippen molar-refractivity contribution < 1.29 is 13.2 Å². The minimum absolute atomic E-state index is 0.0715. The predicted molar refractivity (Wildman–Crippen MR) is 75.7 cm³/mol. The number of benzene rings is 1. The van der Waals surface area contributed by atoms with Crippen molar-refractivity contribution in [1.29, 1.82) is 0 Å². The van der Waals surface area contributed by atoms with Crippen LogP contribution in [0.1, 0.15) is 10.5 Å². The van der Waals surface area contributed by atoms with Crippen molar-refractivity contribution >= 4 is 42.9 Å². The summed E-state index contributed by atoms with van der Waals surface area (Å²) in [6, 6.07) is 5.34. The van der Waals surface area contributed by atoms with Crippen molar-refractivity contribution in [1.82, 2.24) is 9.78 Å². The molecule has 0 unspecified atom stereocenters. The molecule has 1 aromatic carbocycles. The number of hydrogen-bond donors (Lipinski definition) is 1. The van der Waals surface area contributed by atoms with Crippen LogP contribution in [0.25, 0.3) is 0 Å². The second-order valence-electron chi connectivity index (χ2n) is 3.87. The van der Waals surface area contributed by atoms with Crippen molar-refractivity contribution in [3.63, 3.8) is 0 Å². The van der Waals surface area contributed by atoms with Gasteiger partial charge in [-0.15, -0.1) is 0 Å².